The second kappa shape index (κ2) is 5.98. The molecule has 2 rings (SSSR count). The van der Waals surface area contributed by atoms with Gasteiger partial charge in [0.2, 0.25) is 0 Å². The van der Waals surface area contributed by atoms with Crippen LogP contribution in [0.4, 0.5) is 0 Å². The molecule has 1 heterocycles. The molecule has 0 amide bonds. The van der Waals surface area contributed by atoms with Gasteiger partial charge in [0, 0.05) is 17.2 Å². The third kappa shape index (κ3) is 2.89. The molecule has 1 atom stereocenters. The maximum Gasteiger partial charge on any atom is 0.305 e. The summed E-state index contributed by atoms with van der Waals surface area (Å²) in [5, 5.41) is 3.28. The minimum absolute atomic E-state index is 0.106. The summed E-state index contributed by atoms with van der Waals surface area (Å²) < 4.78 is 6.14. The molecular weight excluding hydrogens is 246 g/mol. The Bertz CT molecular complexity index is 535. The molecule has 0 saturated heterocycles. The standard InChI is InChI=1S/C14H17NO2S/c1-2-17-14(16)8-7-12(15)11-9-18-13-6-4-3-5-10(11)13/h3-6,9,12H,2,7-8,15H2,1H3. The van der Waals surface area contributed by atoms with E-state index in [2.05, 4.69) is 17.5 Å². The van der Waals surface area contributed by atoms with Crippen LogP contribution in [0.5, 0.6) is 0 Å². The predicted octanol–water partition coefficient (Wildman–Crippen LogP) is 3.24. The Kier molecular flexibility index (Phi) is 4.33. The number of benzene rings is 1. The van der Waals surface area contributed by atoms with Crippen LogP contribution in [0.3, 0.4) is 0 Å². The maximum atomic E-state index is 11.3. The number of hydrogen-bond acceptors (Lipinski definition) is 4. The summed E-state index contributed by atoms with van der Waals surface area (Å²) in [6.07, 6.45) is 0.999. The van der Waals surface area contributed by atoms with Gasteiger partial charge >= 0.3 is 5.97 Å². The smallest absolute Gasteiger partial charge is 0.305 e. The molecule has 0 aliphatic rings. The number of thiophene rings is 1. The van der Waals surface area contributed by atoms with Crippen LogP contribution in [0.1, 0.15) is 31.4 Å². The third-order valence-corrected chi connectivity index (χ3v) is 3.86. The Morgan fingerprint density at radius 3 is 3.00 bits per heavy atom. The Hall–Kier alpha value is -1.39. The second-order valence-electron chi connectivity index (χ2n) is 4.14. The highest BCUT2D eigenvalue weighted by Gasteiger charge is 2.13. The van der Waals surface area contributed by atoms with Gasteiger partial charge in [0.15, 0.2) is 0 Å². The first-order valence-electron chi connectivity index (χ1n) is 6.09. The Balaban J connectivity index is 2.05. The van der Waals surface area contributed by atoms with Gasteiger partial charge in [0.05, 0.1) is 6.61 Å². The number of ether oxygens (including phenoxy) is 1. The molecule has 0 aliphatic heterocycles. The van der Waals surface area contributed by atoms with Crippen LogP contribution in [0.2, 0.25) is 0 Å². The van der Waals surface area contributed by atoms with E-state index in [1.807, 2.05) is 19.1 Å². The fraction of sp³-hybridized carbons (Fsp3) is 0.357. The highest BCUT2D eigenvalue weighted by atomic mass is 32.1. The first kappa shape index (κ1) is 13.1. The van der Waals surface area contributed by atoms with E-state index < -0.39 is 0 Å². The normalized spacial score (nSPS) is 12.6. The van der Waals surface area contributed by atoms with Crippen molar-refractivity contribution in [3.05, 3.63) is 35.2 Å². The van der Waals surface area contributed by atoms with Crippen LogP contribution in [0.15, 0.2) is 29.6 Å². The van der Waals surface area contributed by atoms with Crippen molar-refractivity contribution in [1.82, 2.24) is 0 Å². The molecule has 1 unspecified atom stereocenters. The molecule has 1 aromatic carbocycles. The molecule has 0 spiro atoms. The van der Waals surface area contributed by atoms with E-state index in [1.54, 1.807) is 11.3 Å². The number of nitrogens with two attached hydrogens (primary N) is 1. The van der Waals surface area contributed by atoms with E-state index in [1.165, 1.54) is 10.1 Å². The van der Waals surface area contributed by atoms with E-state index in [0.717, 1.165) is 5.56 Å². The van der Waals surface area contributed by atoms with Crippen molar-refractivity contribution in [1.29, 1.82) is 0 Å². The maximum absolute atomic E-state index is 11.3. The van der Waals surface area contributed by atoms with Gasteiger partial charge in [-0.3, -0.25) is 4.79 Å². The summed E-state index contributed by atoms with van der Waals surface area (Å²) >= 11 is 1.69. The molecular formula is C14H17NO2S. The van der Waals surface area contributed by atoms with E-state index in [-0.39, 0.29) is 12.0 Å². The van der Waals surface area contributed by atoms with Crippen LogP contribution >= 0.6 is 11.3 Å². The SMILES string of the molecule is CCOC(=O)CCC(N)c1csc2ccccc12. The largest absolute Gasteiger partial charge is 0.466 e. The van der Waals surface area contributed by atoms with Gasteiger partial charge in [-0.25, -0.2) is 0 Å². The lowest BCUT2D eigenvalue weighted by atomic mass is 10.0. The van der Waals surface area contributed by atoms with Gasteiger partial charge in [-0.05, 0) is 35.7 Å². The average Bonchev–Trinajstić information content (AvgIpc) is 2.80. The van der Waals surface area contributed by atoms with Crippen molar-refractivity contribution in [2.24, 2.45) is 5.73 Å². The lowest BCUT2D eigenvalue weighted by molar-refractivity contribution is -0.143. The summed E-state index contributed by atoms with van der Waals surface area (Å²) in [6, 6.07) is 8.08. The van der Waals surface area contributed by atoms with E-state index in [4.69, 9.17) is 10.5 Å². The summed E-state index contributed by atoms with van der Waals surface area (Å²) in [5.41, 5.74) is 7.27. The fourth-order valence-electron chi connectivity index (χ4n) is 1.95. The highest BCUT2D eigenvalue weighted by Crippen LogP contribution is 2.30. The van der Waals surface area contributed by atoms with Gasteiger partial charge in [-0.2, -0.15) is 0 Å². The summed E-state index contributed by atoms with van der Waals surface area (Å²) in [5.74, 6) is -0.174. The van der Waals surface area contributed by atoms with Gasteiger partial charge in [0.1, 0.15) is 0 Å². The topological polar surface area (TPSA) is 52.3 Å². The predicted molar refractivity (Wildman–Crippen MR) is 74.6 cm³/mol. The molecule has 0 fully saturated rings. The third-order valence-electron chi connectivity index (χ3n) is 2.88. The summed E-state index contributed by atoms with van der Waals surface area (Å²) in [6.45, 7) is 2.24. The van der Waals surface area contributed by atoms with Crippen molar-refractivity contribution < 1.29 is 9.53 Å². The molecule has 4 heteroatoms. The van der Waals surface area contributed by atoms with Crippen LogP contribution < -0.4 is 5.73 Å². The molecule has 1 aromatic heterocycles. The molecule has 96 valence electrons. The van der Waals surface area contributed by atoms with E-state index in [0.29, 0.717) is 19.4 Å². The van der Waals surface area contributed by atoms with Crippen molar-refractivity contribution in [3.63, 3.8) is 0 Å². The van der Waals surface area contributed by atoms with Crippen LogP contribution in [0.25, 0.3) is 10.1 Å². The number of hydrogen-bond donors (Lipinski definition) is 1. The van der Waals surface area contributed by atoms with Crippen LogP contribution in [-0.2, 0) is 9.53 Å². The van der Waals surface area contributed by atoms with Gasteiger partial charge in [-0.1, -0.05) is 18.2 Å². The van der Waals surface area contributed by atoms with Crippen molar-refractivity contribution in [2.45, 2.75) is 25.8 Å². The average molecular weight is 263 g/mol. The highest BCUT2D eigenvalue weighted by molar-refractivity contribution is 7.17. The molecule has 2 N–H and O–H groups in total. The molecule has 18 heavy (non-hydrogen) atoms. The zero-order valence-electron chi connectivity index (χ0n) is 10.4. The zero-order valence-corrected chi connectivity index (χ0v) is 11.2. The van der Waals surface area contributed by atoms with E-state index >= 15 is 0 Å². The lowest BCUT2D eigenvalue weighted by Crippen LogP contribution is -2.13. The van der Waals surface area contributed by atoms with Crippen molar-refractivity contribution >= 4 is 27.4 Å². The Morgan fingerprint density at radius 1 is 1.44 bits per heavy atom. The number of esters is 1. The number of carbonyl (C=O) groups is 1. The van der Waals surface area contributed by atoms with Gasteiger partial charge in [-0.15, -0.1) is 11.3 Å². The van der Waals surface area contributed by atoms with Gasteiger partial charge < -0.3 is 10.5 Å². The first-order chi connectivity index (χ1) is 8.72. The minimum Gasteiger partial charge on any atom is -0.466 e. The quantitative estimate of drug-likeness (QED) is 0.842. The molecule has 0 saturated carbocycles. The van der Waals surface area contributed by atoms with Crippen LogP contribution in [-0.4, -0.2) is 12.6 Å². The van der Waals surface area contributed by atoms with Crippen molar-refractivity contribution in [2.75, 3.05) is 6.61 Å². The van der Waals surface area contributed by atoms with Crippen molar-refractivity contribution in [3.8, 4) is 0 Å². The molecule has 3 nitrogen and oxygen atoms in total. The van der Waals surface area contributed by atoms with Crippen LogP contribution in [0, 0.1) is 0 Å². The lowest BCUT2D eigenvalue weighted by Gasteiger charge is -2.10. The molecule has 2 aromatic rings. The molecule has 0 aliphatic carbocycles. The first-order valence-corrected chi connectivity index (χ1v) is 6.97. The zero-order chi connectivity index (χ0) is 13.0. The Morgan fingerprint density at radius 2 is 2.22 bits per heavy atom. The molecule has 0 radical (unpaired) electrons. The molecule has 0 bridgehead atoms. The fourth-order valence-corrected chi connectivity index (χ4v) is 2.97. The minimum atomic E-state index is -0.174. The van der Waals surface area contributed by atoms with E-state index in [9.17, 15) is 4.79 Å². The number of carbonyl (C=O) groups excluding carboxylic acids is 1. The number of rotatable bonds is 5. The Labute approximate surface area is 111 Å². The summed E-state index contributed by atoms with van der Waals surface area (Å²) in [7, 11) is 0. The second-order valence-corrected chi connectivity index (χ2v) is 5.05. The number of fused-ring (bicyclic) bond motifs is 1. The van der Waals surface area contributed by atoms with Gasteiger partial charge in [0.25, 0.3) is 0 Å². The monoisotopic (exact) mass is 263 g/mol. The summed E-state index contributed by atoms with van der Waals surface area (Å²) in [4.78, 5) is 11.3.